The summed E-state index contributed by atoms with van der Waals surface area (Å²) in [5, 5.41) is 0.788. The van der Waals surface area contributed by atoms with Gasteiger partial charge in [-0.15, -0.1) is 0 Å². The largest absolute Gasteiger partial charge is 0.488 e. The van der Waals surface area contributed by atoms with Crippen molar-refractivity contribution in [2.75, 3.05) is 64.4 Å². The summed E-state index contributed by atoms with van der Waals surface area (Å²) in [5.41, 5.74) is 0.381. The summed E-state index contributed by atoms with van der Waals surface area (Å²) in [6.45, 7) is 12.7. The zero-order chi connectivity index (χ0) is 30.6. The molecule has 0 N–H and O–H groups in total. The van der Waals surface area contributed by atoms with Crippen molar-refractivity contribution in [3.8, 4) is 16.9 Å². The summed E-state index contributed by atoms with van der Waals surface area (Å²) >= 11 is 6.86. The SMILES string of the molecule is C=CC(=O)N1C[C@H](C)N(c2nc(=O)n3c4c(c(-c5ccc(F)cc5F)c(Cl)cc24)OC[C@@H]3CN2CCN(C)CC2)C[C@H]1C. The highest BCUT2D eigenvalue weighted by Crippen LogP contribution is 2.47. The van der Waals surface area contributed by atoms with E-state index in [0.717, 1.165) is 32.2 Å². The van der Waals surface area contributed by atoms with Crippen molar-refractivity contribution in [3.63, 3.8) is 0 Å². The molecule has 228 valence electrons. The molecule has 0 unspecified atom stereocenters. The maximum atomic E-state index is 15.2. The second-order valence-corrected chi connectivity index (χ2v) is 12.2. The molecule has 3 aliphatic heterocycles. The van der Waals surface area contributed by atoms with E-state index >= 15 is 4.39 Å². The summed E-state index contributed by atoms with van der Waals surface area (Å²) in [5.74, 6) is -0.947. The number of benzene rings is 2. The van der Waals surface area contributed by atoms with Gasteiger partial charge in [-0.25, -0.2) is 13.6 Å². The minimum Gasteiger partial charge on any atom is -0.488 e. The third kappa shape index (κ3) is 5.27. The van der Waals surface area contributed by atoms with Crippen molar-refractivity contribution < 1.29 is 18.3 Å². The number of ether oxygens (including phenoxy) is 1. The van der Waals surface area contributed by atoms with E-state index in [4.69, 9.17) is 16.3 Å². The molecule has 0 saturated carbocycles. The van der Waals surface area contributed by atoms with Crippen molar-refractivity contribution in [3.05, 3.63) is 64.1 Å². The summed E-state index contributed by atoms with van der Waals surface area (Å²) in [6, 6.07) is 4.32. The minimum absolute atomic E-state index is 0.0803. The van der Waals surface area contributed by atoms with Crippen LogP contribution in [0.2, 0.25) is 5.02 Å². The summed E-state index contributed by atoms with van der Waals surface area (Å²) < 4.78 is 37.0. The molecule has 0 aliphatic carbocycles. The van der Waals surface area contributed by atoms with Crippen LogP contribution in [0, 0.1) is 11.6 Å². The lowest BCUT2D eigenvalue weighted by Gasteiger charge is -2.45. The number of nitrogens with zero attached hydrogens (tertiary/aromatic N) is 6. The van der Waals surface area contributed by atoms with Crippen LogP contribution in [-0.2, 0) is 4.79 Å². The number of piperazine rings is 2. The molecule has 3 aliphatic rings. The Hall–Kier alpha value is -3.54. The lowest BCUT2D eigenvalue weighted by atomic mass is 9.99. The van der Waals surface area contributed by atoms with Crippen LogP contribution in [-0.4, -0.2) is 102 Å². The molecule has 12 heteroatoms. The minimum atomic E-state index is -0.783. The van der Waals surface area contributed by atoms with Gasteiger partial charge in [-0.3, -0.25) is 14.3 Å². The van der Waals surface area contributed by atoms with E-state index in [2.05, 4.69) is 28.4 Å². The Labute approximate surface area is 253 Å². The first-order valence-electron chi connectivity index (χ1n) is 14.5. The third-order valence-corrected chi connectivity index (χ3v) is 9.16. The average molecular weight is 613 g/mol. The Morgan fingerprint density at radius 1 is 1.14 bits per heavy atom. The lowest BCUT2D eigenvalue weighted by molar-refractivity contribution is -0.128. The van der Waals surface area contributed by atoms with Crippen LogP contribution in [0.15, 0.2) is 41.7 Å². The maximum Gasteiger partial charge on any atom is 0.350 e. The van der Waals surface area contributed by atoms with Gasteiger partial charge in [0.25, 0.3) is 0 Å². The Kier molecular flexibility index (Phi) is 7.91. The summed E-state index contributed by atoms with van der Waals surface area (Å²) in [6.07, 6.45) is 1.31. The molecule has 1 aromatic heterocycles. The van der Waals surface area contributed by atoms with Crippen LogP contribution in [0.3, 0.4) is 0 Å². The average Bonchev–Trinajstić information content (AvgIpc) is 2.97. The molecule has 3 atom stereocenters. The molecule has 3 aromatic rings. The zero-order valence-corrected chi connectivity index (χ0v) is 25.3. The Bertz CT molecular complexity index is 1660. The number of carbonyl (C=O) groups excluding carboxylic acids is 1. The van der Waals surface area contributed by atoms with Crippen molar-refractivity contribution in [1.29, 1.82) is 0 Å². The molecule has 9 nitrogen and oxygen atoms in total. The highest BCUT2D eigenvalue weighted by atomic mass is 35.5. The van der Waals surface area contributed by atoms with Gasteiger partial charge in [0.2, 0.25) is 5.91 Å². The van der Waals surface area contributed by atoms with E-state index in [1.807, 2.05) is 18.7 Å². The number of halogens is 3. The second kappa shape index (κ2) is 11.5. The fraction of sp³-hybridized carbons (Fsp3) is 0.452. The van der Waals surface area contributed by atoms with Crippen LogP contribution >= 0.6 is 11.6 Å². The van der Waals surface area contributed by atoms with Gasteiger partial charge in [-0.2, -0.15) is 4.98 Å². The molecule has 6 rings (SSSR count). The maximum absolute atomic E-state index is 15.2. The molecule has 1 amide bonds. The molecule has 0 radical (unpaired) electrons. The molecule has 2 saturated heterocycles. The Morgan fingerprint density at radius 2 is 1.88 bits per heavy atom. The Morgan fingerprint density at radius 3 is 2.58 bits per heavy atom. The second-order valence-electron chi connectivity index (χ2n) is 11.8. The quantitative estimate of drug-likeness (QED) is 0.406. The van der Waals surface area contributed by atoms with Crippen molar-refractivity contribution in [2.24, 2.45) is 0 Å². The lowest BCUT2D eigenvalue weighted by Crippen LogP contribution is -2.58. The van der Waals surface area contributed by atoms with Gasteiger partial charge >= 0.3 is 5.69 Å². The molecule has 2 fully saturated rings. The van der Waals surface area contributed by atoms with Crippen molar-refractivity contribution >= 4 is 34.2 Å². The number of anilines is 1. The van der Waals surface area contributed by atoms with Gasteiger partial charge in [0, 0.05) is 80.5 Å². The van der Waals surface area contributed by atoms with Crippen LogP contribution < -0.4 is 15.3 Å². The van der Waals surface area contributed by atoms with Gasteiger partial charge in [-0.1, -0.05) is 18.2 Å². The first-order valence-corrected chi connectivity index (χ1v) is 14.9. The van der Waals surface area contributed by atoms with Crippen LogP contribution in [0.1, 0.15) is 19.9 Å². The number of hydrogen-bond acceptors (Lipinski definition) is 7. The standard InChI is InChI=1S/C31H35ClF2N6O3/c1-5-26(41)38-14-19(3)39(15-18(38)2)30-23-13-24(32)27(22-7-6-20(33)12-25(22)34)29-28(23)40(31(42)35-30)21(17-43-29)16-37-10-8-36(4)9-11-37/h5-7,12-13,18-19,21H,1,8-11,14-17H2,2-4H3/t18-,19+,21+/m1/s1. The van der Waals surface area contributed by atoms with Crippen LogP contribution in [0.5, 0.6) is 5.75 Å². The number of amides is 1. The number of carbonyl (C=O) groups is 1. The highest BCUT2D eigenvalue weighted by molar-refractivity contribution is 6.35. The van der Waals surface area contributed by atoms with Gasteiger partial charge in [0.15, 0.2) is 5.75 Å². The molecule has 43 heavy (non-hydrogen) atoms. The third-order valence-electron chi connectivity index (χ3n) is 8.86. The number of rotatable bonds is 5. The van der Waals surface area contributed by atoms with Gasteiger partial charge in [0.1, 0.15) is 24.1 Å². The topological polar surface area (TPSA) is 74.1 Å². The zero-order valence-electron chi connectivity index (χ0n) is 24.5. The summed E-state index contributed by atoms with van der Waals surface area (Å²) in [4.78, 5) is 39.4. The predicted molar refractivity (Wildman–Crippen MR) is 163 cm³/mol. The van der Waals surface area contributed by atoms with E-state index in [1.54, 1.807) is 15.5 Å². The molecule has 2 aromatic carbocycles. The van der Waals surface area contributed by atoms with Gasteiger partial charge < -0.3 is 19.4 Å². The van der Waals surface area contributed by atoms with Crippen molar-refractivity contribution in [1.82, 2.24) is 24.3 Å². The smallest absolute Gasteiger partial charge is 0.350 e. The Balaban J connectivity index is 1.53. The number of aromatic nitrogens is 2. The highest BCUT2D eigenvalue weighted by Gasteiger charge is 2.37. The molecular formula is C31H35ClF2N6O3. The fourth-order valence-electron chi connectivity index (χ4n) is 6.53. The molecule has 0 spiro atoms. The van der Waals surface area contributed by atoms with Crippen molar-refractivity contribution in [2.45, 2.75) is 32.0 Å². The van der Waals surface area contributed by atoms with E-state index in [0.29, 0.717) is 36.4 Å². The summed E-state index contributed by atoms with van der Waals surface area (Å²) in [7, 11) is 2.09. The van der Waals surface area contributed by atoms with E-state index in [-0.39, 0.29) is 52.5 Å². The van der Waals surface area contributed by atoms with E-state index < -0.39 is 17.3 Å². The van der Waals surface area contributed by atoms with E-state index in [9.17, 15) is 14.0 Å². The monoisotopic (exact) mass is 612 g/mol. The number of likely N-dealkylation sites (N-methyl/N-ethyl adjacent to an activating group) is 1. The predicted octanol–water partition coefficient (Wildman–Crippen LogP) is 3.79. The van der Waals surface area contributed by atoms with Crippen LogP contribution in [0.4, 0.5) is 14.6 Å². The van der Waals surface area contributed by atoms with Gasteiger partial charge in [0.05, 0.1) is 16.6 Å². The first kappa shape index (κ1) is 29.5. The van der Waals surface area contributed by atoms with Gasteiger partial charge in [-0.05, 0) is 45.2 Å². The molecular weight excluding hydrogens is 578 g/mol. The van der Waals surface area contributed by atoms with E-state index in [1.165, 1.54) is 18.2 Å². The number of hydrogen-bond donors (Lipinski definition) is 0. The molecule has 0 bridgehead atoms. The van der Waals surface area contributed by atoms with Crippen LogP contribution in [0.25, 0.3) is 22.0 Å². The first-order chi connectivity index (χ1) is 20.6. The fourth-order valence-corrected chi connectivity index (χ4v) is 6.83. The molecule has 4 heterocycles. The normalized spacial score (nSPS) is 23.0.